The van der Waals surface area contributed by atoms with Gasteiger partial charge in [-0.2, -0.15) is 10.1 Å². The van der Waals surface area contributed by atoms with Crippen LogP contribution in [-0.4, -0.2) is 30.8 Å². The Hall–Kier alpha value is -4.01. The minimum atomic E-state index is -0.164. The molecular formula is C21H20N6O3. The lowest BCUT2D eigenvalue weighted by Crippen LogP contribution is -2.26. The second-order valence-electron chi connectivity index (χ2n) is 6.67. The van der Waals surface area contributed by atoms with Gasteiger partial charge in [0.1, 0.15) is 18.4 Å². The summed E-state index contributed by atoms with van der Waals surface area (Å²) in [6.45, 7) is 3.85. The summed E-state index contributed by atoms with van der Waals surface area (Å²) < 4.78 is 12.2. The highest BCUT2D eigenvalue weighted by Gasteiger charge is 2.12. The van der Waals surface area contributed by atoms with Crippen LogP contribution in [-0.2, 0) is 6.61 Å². The van der Waals surface area contributed by atoms with Gasteiger partial charge in [-0.25, -0.2) is 9.67 Å². The van der Waals surface area contributed by atoms with Gasteiger partial charge >= 0.3 is 0 Å². The van der Waals surface area contributed by atoms with Crippen molar-refractivity contribution < 1.29 is 14.1 Å². The summed E-state index contributed by atoms with van der Waals surface area (Å²) in [5.41, 5.74) is 2.44. The van der Waals surface area contributed by atoms with E-state index < -0.39 is 0 Å². The Morgan fingerprint density at radius 3 is 2.57 bits per heavy atom. The molecule has 0 aliphatic carbocycles. The molecule has 2 aromatic carbocycles. The summed E-state index contributed by atoms with van der Waals surface area (Å²) in [5, 5.41) is 10.9. The fourth-order valence-electron chi connectivity index (χ4n) is 2.87. The van der Waals surface area contributed by atoms with Crippen LogP contribution in [0.25, 0.3) is 5.69 Å². The number of amides is 1. The van der Waals surface area contributed by atoms with Crippen molar-refractivity contribution in [2.24, 2.45) is 0 Å². The number of nitrogens with one attached hydrogen (secondary N) is 1. The minimum Gasteiger partial charge on any atom is -0.485 e. The molecule has 0 spiro atoms. The lowest BCUT2D eigenvalue weighted by atomic mass is 10.1. The van der Waals surface area contributed by atoms with Crippen molar-refractivity contribution >= 4 is 5.91 Å². The average molecular weight is 404 g/mol. The number of ether oxygens (including phenoxy) is 1. The van der Waals surface area contributed by atoms with Gasteiger partial charge in [0.15, 0.2) is 6.61 Å². The quantitative estimate of drug-likeness (QED) is 0.504. The van der Waals surface area contributed by atoms with Crippen LogP contribution in [0.2, 0.25) is 0 Å². The Balaban J connectivity index is 1.33. The van der Waals surface area contributed by atoms with Crippen LogP contribution in [0.5, 0.6) is 5.75 Å². The fourth-order valence-corrected chi connectivity index (χ4v) is 2.87. The molecule has 2 aromatic heterocycles. The van der Waals surface area contributed by atoms with Crippen LogP contribution in [0, 0.1) is 6.92 Å². The summed E-state index contributed by atoms with van der Waals surface area (Å²) >= 11 is 0. The molecule has 152 valence electrons. The molecule has 0 saturated heterocycles. The molecule has 0 bridgehead atoms. The first kappa shape index (κ1) is 19.3. The van der Waals surface area contributed by atoms with E-state index in [1.54, 1.807) is 42.2 Å². The molecular weight excluding hydrogens is 384 g/mol. The van der Waals surface area contributed by atoms with Gasteiger partial charge in [0, 0.05) is 12.5 Å². The van der Waals surface area contributed by atoms with Crippen molar-refractivity contribution in [2.45, 2.75) is 26.5 Å². The maximum Gasteiger partial charge on any atom is 0.251 e. The summed E-state index contributed by atoms with van der Waals surface area (Å²) in [4.78, 5) is 20.6. The second-order valence-corrected chi connectivity index (χ2v) is 6.67. The number of carbonyl (C=O) groups is 1. The first-order valence-electron chi connectivity index (χ1n) is 9.36. The lowest BCUT2D eigenvalue weighted by Gasteiger charge is -2.15. The van der Waals surface area contributed by atoms with E-state index in [9.17, 15) is 4.79 Å². The molecule has 30 heavy (non-hydrogen) atoms. The highest BCUT2D eigenvalue weighted by Crippen LogP contribution is 2.17. The molecule has 0 aliphatic heterocycles. The van der Waals surface area contributed by atoms with Gasteiger partial charge in [0.25, 0.3) is 5.91 Å². The summed E-state index contributed by atoms with van der Waals surface area (Å²) in [6, 6.07) is 14.5. The summed E-state index contributed by atoms with van der Waals surface area (Å²) in [5.74, 6) is 1.41. The van der Waals surface area contributed by atoms with E-state index in [1.165, 1.54) is 6.33 Å². The van der Waals surface area contributed by atoms with Crippen molar-refractivity contribution in [3.63, 3.8) is 0 Å². The third-order valence-electron chi connectivity index (χ3n) is 4.48. The molecule has 2 heterocycles. The molecule has 4 rings (SSSR count). The van der Waals surface area contributed by atoms with E-state index in [0.29, 0.717) is 23.0 Å². The zero-order chi connectivity index (χ0) is 20.9. The fraction of sp³-hybridized carbons (Fsp3) is 0.190. The van der Waals surface area contributed by atoms with E-state index in [-0.39, 0.29) is 18.6 Å². The zero-order valence-corrected chi connectivity index (χ0v) is 16.5. The molecule has 0 radical (unpaired) electrons. The Kier molecular flexibility index (Phi) is 5.51. The Morgan fingerprint density at radius 2 is 1.93 bits per heavy atom. The molecule has 9 heteroatoms. The Bertz CT molecular complexity index is 1100. The van der Waals surface area contributed by atoms with Crippen LogP contribution >= 0.6 is 0 Å². The highest BCUT2D eigenvalue weighted by atomic mass is 16.5. The smallest absolute Gasteiger partial charge is 0.251 e. The van der Waals surface area contributed by atoms with Gasteiger partial charge in [0.2, 0.25) is 11.7 Å². The molecule has 1 N–H and O–H groups in total. The molecule has 0 aliphatic rings. The van der Waals surface area contributed by atoms with Crippen LogP contribution in [0.3, 0.4) is 0 Å². The van der Waals surface area contributed by atoms with Crippen molar-refractivity contribution in [3.8, 4) is 11.4 Å². The maximum absolute atomic E-state index is 12.6. The van der Waals surface area contributed by atoms with Crippen LogP contribution in [0.1, 0.15) is 40.6 Å². The van der Waals surface area contributed by atoms with Crippen molar-refractivity contribution in [3.05, 3.63) is 84.0 Å². The number of hydrogen-bond acceptors (Lipinski definition) is 7. The summed E-state index contributed by atoms with van der Waals surface area (Å²) in [6.07, 6.45) is 3.12. The van der Waals surface area contributed by atoms with Gasteiger partial charge in [-0.3, -0.25) is 4.79 Å². The topological polar surface area (TPSA) is 108 Å². The van der Waals surface area contributed by atoms with E-state index in [1.807, 2.05) is 31.2 Å². The minimum absolute atomic E-state index is 0.153. The third kappa shape index (κ3) is 4.52. The molecule has 9 nitrogen and oxygen atoms in total. The number of hydrogen-bond donors (Lipinski definition) is 1. The first-order chi connectivity index (χ1) is 14.6. The predicted molar refractivity (Wildman–Crippen MR) is 107 cm³/mol. The maximum atomic E-state index is 12.6. The van der Waals surface area contributed by atoms with Gasteiger partial charge < -0.3 is 14.6 Å². The van der Waals surface area contributed by atoms with E-state index in [0.717, 1.165) is 11.3 Å². The molecule has 4 aromatic rings. The second kappa shape index (κ2) is 8.56. The Labute approximate surface area is 172 Å². The first-order valence-corrected chi connectivity index (χ1v) is 9.36. The molecule has 0 saturated carbocycles. The van der Waals surface area contributed by atoms with Gasteiger partial charge in [-0.05, 0) is 48.9 Å². The van der Waals surface area contributed by atoms with Gasteiger partial charge in [-0.15, -0.1) is 0 Å². The SMILES string of the molecule is Cc1nc(COc2ccc(C(=O)N[C@H](C)c3ccc(-n4cncn4)cc3)cc2)no1. The molecule has 0 unspecified atom stereocenters. The lowest BCUT2D eigenvalue weighted by molar-refractivity contribution is 0.0940. The number of rotatable bonds is 7. The average Bonchev–Trinajstić information content (AvgIpc) is 3.44. The number of aromatic nitrogens is 5. The predicted octanol–water partition coefficient (Wildman–Crippen LogP) is 3.03. The normalized spacial score (nSPS) is 11.8. The monoisotopic (exact) mass is 404 g/mol. The molecule has 0 fully saturated rings. The number of carbonyl (C=O) groups excluding carboxylic acids is 1. The van der Waals surface area contributed by atoms with Crippen LogP contribution < -0.4 is 10.1 Å². The zero-order valence-electron chi connectivity index (χ0n) is 16.5. The van der Waals surface area contributed by atoms with Crippen LogP contribution in [0.15, 0.2) is 65.7 Å². The molecule has 1 atom stereocenters. The van der Waals surface area contributed by atoms with E-state index in [4.69, 9.17) is 9.26 Å². The van der Waals surface area contributed by atoms with Crippen LogP contribution in [0.4, 0.5) is 0 Å². The third-order valence-corrected chi connectivity index (χ3v) is 4.48. The number of aryl methyl sites for hydroxylation is 1. The number of nitrogens with zero attached hydrogens (tertiary/aromatic N) is 5. The van der Waals surface area contributed by atoms with Gasteiger partial charge in [0.05, 0.1) is 11.7 Å². The van der Waals surface area contributed by atoms with Gasteiger partial charge in [-0.1, -0.05) is 17.3 Å². The summed E-state index contributed by atoms with van der Waals surface area (Å²) in [7, 11) is 0. The highest BCUT2D eigenvalue weighted by molar-refractivity contribution is 5.94. The van der Waals surface area contributed by atoms with E-state index in [2.05, 4.69) is 25.5 Å². The largest absolute Gasteiger partial charge is 0.485 e. The standard InChI is InChI=1S/C21H20N6O3/c1-14(16-3-7-18(8-4-16)27-13-22-12-23-27)24-21(28)17-5-9-19(10-6-17)29-11-20-25-15(2)30-26-20/h3-10,12-14H,11H2,1-2H3,(H,24,28)/t14-/m1/s1. The van der Waals surface area contributed by atoms with Crippen molar-refractivity contribution in [2.75, 3.05) is 0 Å². The Morgan fingerprint density at radius 1 is 1.17 bits per heavy atom. The van der Waals surface area contributed by atoms with Crippen molar-refractivity contribution in [1.82, 2.24) is 30.2 Å². The number of benzene rings is 2. The molecule has 1 amide bonds. The van der Waals surface area contributed by atoms with E-state index >= 15 is 0 Å². The van der Waals surface area contributed by atoms with Crippen molar-refractivity contribution in [1.29, 1.82) is 0 Å².